The standard InChI is InChI=1S/C44H34N4O2.Pt/c1-27-11-10-12-28(2)41(27)47-22-21-46-43(47)29-23-35-34-14-7-9-16-38(34)50-42(35)39(24-29)49-31-17-18-33-32-13-6-8-15-36(32)48(37(33)26-31)40-25-30(19-20-45-40)44(3,4)5;/h6-23,25H,1-5H3;/q-2;+2. The van der Waals surface area contributed by atoms with Crippen LogP contribution in [0.25, 0.3) is 66.6 Å². The van der Waals surface area contributed by atoms with Gasteiger partial charge < -0.3 is 18.3 Å². The molecule has 252 valence electrons. The summed E-state index contributed by atoms with van der Waals surface area (Å²) in [5, 5.41) is 4.12. The summed E-state index contributed by atoms with van der Waals surface area (Å²) in [5.41, 5.74) is 8.74. The molecule has 0 fully saturated rings. The number of aromatic nitrogens is 4. The third-order valence-electron chi connectivity index (χ3n) is 9.55. The molecule has 0 bridgehead atoms. The Bertz CT molecular complexity index is 2740. The van der Waals surface area contributed by atoms with Gasteiger partial charge in [-0.3, -0.25) is 4.98 Å². The van der Waals surface area contributed by atoms with Crippen molar-refractivity contribution in [1.29, 1.82) is 0 Å². The maximum atomic E-state index is 6.75. The molecule has 0 amide bonds. The van der Waals surface area contributed by atoms with Gasteiger partial charge in [-0.1, -0.05) is 92.3 Å². The molecule has 0 saturated carbocycles. The maximum Gasteiger partial charge on any atom is 2.00 e. The SMILES string of the molecule is Cc1cccc(C)c1-n1ccnc1-c1[c-]c(Oc2[c-]c3c(cc2)c2ccccc2n3-c2cc(C(C)(C)C)ccn2)c2oc3ccccc3c2c1.[Pt+2]. The Morgan fingerprint density at radius 2 is 1.49 bits per heavy atom. The topological polar surface area (TPSA) is 58.0 Å². The van der Waals surface area contributed by atoms with Crippen molar-refractivity contribution in [1.82, 2.24) is 19.1 Å². The molecular formula is C44H34N4O2Pt. The fourth-order valence-corrected chi connectivity index (χ4v) is 7.09. The summed E-state index contributed by atoms with van der Waals surface area (Å²) in [6, 6.07) is 40.4. The van der Waals surface area contributed by atoms with Crippen molar-refractivity contribution >= 4 is 43.7 Å². The van der Waals surface area contributed by atoms with Crippen molar-refractivity contribution in [3.05, 3.63) is 144 Å². The second kappa shape index (κ2) is 12.4. The van der Waals surface area contributed by atoms with Crippen molar-refractivity contribution in [3.8, 4) is 34.4 Å². The molecule has 0 saturated heterocycles. The number of hydrogen-bond donors (Lipinski definition) is 0. The molecule has 4 heterocycles. The number of nitrogens with zero attached hydrogens (tertiary/aromatic N) is 4. The number of hydrogen-bond acceptors (Lipinski definition) is 4. The largest absolute Gasteiger partial charge is 2.00 e. The first-order valence-electron chi connectivity index (χ1n) is 16.8. The first-order chi connectivity index (χ1) is 24.2. The van der Waals surface area contributed by atoms with E-state index in [1.54, 1.807) is 0 Å². The van der Waals surface area contributed by atoms with Crippen LogP contribution in [-0.4, -0.2) is 19.1 Å². The van der Waals surface area contributed by atoms with Gasteiger partial charge in [0, 0.05) is 40.9 Å². The molecule has 0 aliphatic heterocycles. The van der Waals surface area contributed by atoms with Gasteiger partial charge in [0.2, 0.25) is 0 Å². The molecule has 5 aromatic carbocycles. The smallest absolute Gasteiger partial charge is 0.499 e. The Kier molecular flexibility index (Phi) is 7.96. The van der Waals surface area contributed by atoms with E-state index in [4.69, 9.17) is 19.1 Å². The van der Waals surface area contributed by atoms with Crippen LogP contribution in [0, 0.1) is 26.0 Å². The van der Waals surface area contributed by atoms with Gasteiger partial charge in [-0.25, -0.2) is 4.98 Å². The Morgan fingerprint density at radius 3 is 2.29 bits per heavy atom. The van der Waals surface area contributed by atoms with Gasteiger partial charge in [0.05, 0.1) is 17.2 Å². The monoisotopic (exact) mass is 845 g/mol. The minimum Gasteiger partial charge on any atom is -0.499 e. The molecule has 51 heavy (non-hydrogen) atoms. The molecule has 7 heteroatoms. The van der Waals surface area contributed by atoms with E-state index in [2.05, 4.69) is 129 Å². The number of fused-ring (bicyclic) bond motifs is 6. The van der Waals surface area contributed by atoms with Gasteiger partial charge in [-0.15, -0.1) is 29.1 Å². The van der Waals surface area contributed by atoms with E-state index in [0.29, 0.717) is 17.1 Å². The third-order valence-corrected chi connectivity index (χ3v) is 9.55. The summed E-state index contributed by atoms with van der Waals surface area (Å²) in [6.07, 6.45) is 5.72. The van der Waals surface area contributed by atoms with Gasteiger partial charge >= 0.3 is 21.1 Å². The molecule has 0 radical (unpaired) electrons. The molecule has 0 aliphatic rings. The average molecular weight is 846 g/mol. The van der Waals surface area contributed by atoms with E-state index in [9.17, 15) is 0 Å². The van der Waals surface area contributed by atoms with E-state index in [0.717, 1.165) is 72.2 Å². The van der Waals surface area contributed by atoms with E-state index < -0.39 is 0 Å². The number of para-hydroxylation sites is 3. The summed E-state index contributed by atoms with van der Waals surface area (Å²) in [6.45, 7) is 10.9. The van der Waals surface area contributed by atoms with Crippen LogP contribution in [0.1, 0.15) is 37.5 Å². The van der Waals surface area contributed by atoms with Crippen molar-refractivity contribution in [2.45, 2.75) is 40.0 Å². The summed E-state index contributed by atoms with van der Waals surface area (Å²) in [4.78, 5) is 9.66. The van der Waals surface area contributed by atoms with Crippen molar-refractivity contribution in [2.24, 2.45) is 0 Å². The van der Waals surface area contributed by atoms with E-state index in [1.165, 1.54) is 5.56 Å². The maximum absolute atomic E-state index is 6.75. The molecular weight excluding hydrogens is 812 g/mol. The summed E-state index contributed by atoms with van der Waals surface area (Å²) < 4.78 is 17.5. The predicted molar refractivity (Wildman–Crippen MR) is 201 cm³/mol. The first kappa shape index (κ1) is 32.7. The minimum atomic E-state index is -0.0279. The fraction of sp³-hybridized carbons (Fsp3) is 0.136. The number of pyridine rings is 1. The number of imidazole rings is 1. The zero-order valence-electron chi connectivity index (χ0n) is 28.9. The molecule has 6 nitrogen and oxygen atoms in total. The van der Waals surface area contributed by atoms with E-state index in [-0.39, 0.29) is 26.5 Å². The van der Waals surface area contributed by atoms with Crippen molar-refractivity contribution in [2.75, 3.05) is 0 Å². The molecule has 0 aliphatic carbocycles. The molecule has 0 atom stereocenters. The first-order valence-corrected chi connectivity index (χ1v) is 16.8. The molecule has 0 spiro atoms. The normalized spacial score (nSPS) is 11.9. The van der Waals surface area contributed by atoms with Crippen LogP contribution in [-0.2, 0) is 26.5 Å². The quantitative estimate of drug-likeness (QED) is 0.162. The second-order valence-electron chi connectivity index (χ2n) is 13.9. The molecule has 9 aromatic rings. The zero-order valence-corrected chi connectivity index (χ0v) is 31.2. The van der Waals surface area contributed by atoms with Gasteiger partial charge in [0.25, 0.3) is 0 Å². The molecule has 9 rings (SSSR count). The van der Waals surface area contributed by atoms with Gasteiger partial charge in [-0.05, 0) is 65.6 Å². The zero-order chi connectivity index (χ0) is 34.1. The van der Waals surface area contributed by atoms with Crippen LogP contribution in [0.15, 0.2) is 120 Å². The van der Waals surface area contributed by atoms with Crippen LogP contribution in [0.3, 0.4) is 0 Å². The van der Waals surface area contributed by atoms with E-state index in [1.807, 2.05) is 42.9 Å². The van der Waals surface area contributed by atoms with Crippen LogP contribution in [0.4, 0.5) is 0 Å². The van der Waals surface area contributed by atoms with Crippen molar-refractivity contribution < 1.29 is 30.2 Å². The van der Waals surface area contributed by atoms with Gasteiger partial charge in [-0.2, -0.15) is 6.07 Å². The number of benzene rings is 5. The van der Waals surface area contributed by atoms with Crippen LogP contribution < -0.4 is 4.74 Å². The summed E-state index contributed by atoms with van der Waals surface area (Å²) in [7, 11) is 0. The van der Waals surface area contributed by atoms with Gasteiger partial charge in [0.15, 0.2) is 0 Å². The summed E-state index contributed by atoms with van der Waals surface area (Å²) in [5.74, 6) is 2.62. The van der Waals surface area contributed by atoms with E-state index >= 15 is 0 Å². The number of ether oxygens (including phenoxy) is 1. The summed E-state index contributed by atoms with van der Waals surface area (Å²) >= 11 is 0. The Morgan fingerprint density at radius 1 is 0.725 bits per heavy atom. The van der Waals surface area contributed by atoms with Crippen LogP contribution >= 0.6 is 0 Å². The number of aryl methyl sites for hydroxylation is 2. The third kappa shape index (κ3) is 5.46. The number of furan rings is 1. The Balaban J connectivity index is 0.00000374. The average Bonchev–Trinajstić information content (AvgIpc) is 3.82. The Hall–Kier alpha value is -5.45. The molecule has 0 N–H and O–H groups in total. The van der Waals surface area contributed by atoms with Crippen LogP contribution in [0.5, 0.6) is 11.5 Å². The predicted octanol–water partition coefficient (Wildman–Crippen LogP) is 11.2. The van der Waals surface area contributed by atoms with Gasteiger partial charge in [0.1, 0.15) is 11.4 Å². The second-order valence-corrected chi connectivity index (χ2v) is 13.9. The molecule has 0 unspecified atom stereocenters. The number of rotatable bonds is 5. The molecule has 4 aromatic heterocycles. The Labute approximate surface area is 310 Å². The van der Waals surface area contributed by atoms with Crippen molar-refractivity contribution in [3.63, 3.8) is 0 Å². The minimum absolute atomic E-state index is 0. The van der Waals surface area contributed by atoms with Crippen LogP contribution in [0.2, 0.25) is 0 Å². The fourth-order valence-electron chi connectivity index (χ4n) is 7.09.